The quantitative estimate of drug-likeness (QED) is 0.610. The number of carbonyl (C=O) groups excluding carboxylic acids is 2. The van der Waals surface area contributed by atoms with Gasteiger partial charge in [0.1, 0.15) is 5.75 Å². The second-order valence-electron chi connectivity index (χ2n) is 5.53. The molecule has 0 saturated heterocycles. The van der Waals surface area contributed by atoms with Crippen molar-refractivity contribution in [1.82, 2.24) is 0 Å². The number of alkyl halides is 2. The van der Waals surface area contributed by atoms with Gasteiger partial charge in [-0.3, -0.25) is 4.79 Å². The van der Waals surface area contributed by atoms with E-state index in [0.717, 1.165) is 5.56 Å². The molecule has 0 radical (unpaired) electrons. The molecule has 0 aliphatic carbocycles. The van der Waals surface area contributed by atoms with E-state index in [4.69, 9.17) is 9.15 Å². The van der Waals surface area contributed by atoms with E-state index in [0.29, 0.717) is 5.56 Å². The topological polar surface area (TPSA) is 77.8 Å². The van der Waals surface area contributed by atoms with Gasteiger partial charge in [-0.1, -0.05) is 42.5 Å². The maximum absolute atomic E-state index is 12.4. The van der Waals surface area contributed by atoms with Crippen molar-refractivity contribution in [3.8, 4) is 16.9 Å². The molecule has 0 saturated carbocycles. The van der Waals surface area contributed by atoms with Crippen LogP contribution in [-0.4, -0.2) is 25.1 Å². The fourth-order valence-electron chi connectivity index (χ4n) is 2.46. The van der Waals surface area contributed by atoms with E-state index in [-0.39, 0.29) is 17.2 Å². The van der Waals surface area contributed by atoms with Gasteiger partial charge in [0.2, 0.25) is 5.76 Å². The van der Waals surface area contributed by atoms with Gasteiger partial charge in [-0.15, -0.1) is 0 Å². The molecule has 0 spiro atoms. The van der Waals surface area contributed by atoms with Crippen LogP contribution in [0.3, 0.4) is 0 Å². The molecule has 0 atom stereocenters. The summed E-state index contributed by atoms with van der Waals surface area (Å²) in [7, 11) is 0. The molecule has 1 aromatic heterocycles. The van der Waals surface area contributed by atoms with Crippen molar-refractivity contribution >= 4 is 17.6 Å². The first-order valence-corrected chi connectivity index (χ1v) is 8.18. The van der Waals surface area contributed by atoms with Gasteiger partial charge in [-0.05, 0) is 23.8 Å². The Hall–Kier alpha value is -3.68. The molecule has 0 fully saturated rings. The van der Waals surface area contributed by atoms with Crippen molar-refractivity contribution in [2.75, 3.05) is 11.9 Å². The SMILES string of the molecule is O=C(COC(=O)c1occc1-c1ccccc1)Nc1ccccc1OC(F)F. The second kappa shape index (κ2) is 8.81. The van der Waals surface area contributed by atoms with Gasteiger partial charge in [-0.2, -0.15) is 8.78 Å². The van der Waals surface area contributed by atoms with Crippen LogP contribution in [0.15, 0.2) is 71.3 Å². The highest BCUT2D eigenvalue weighted by Gasteiger charge is 2.20. The average Bonchev–Trinajstić information content (AvgIpc) is 3.18. The van der Waals surface area contributed by atoms with E-state index in [1.54, 1.807) is 18.2 Å². The zero-order chi connectivity index (χ0) is 19.9. The minimum atomic E-state index is -3.04. The van der Waals surface area contributed by atoms with Crippen LogP contribution in [0.5, 0.6) is 5.75 Å². The number of furan rings is 1. The molecule has 3 aromatic rings. The van der Waals surface area contributed by atoms with Crippen molar-refractivity contribution in [3.63, 3.8) is 0 Å². The van der Waals surface area contributed by atoms with E-state index in [2.05, 4.69) is 10.1 Å². The van der Waals surface area contributed by atoms with Gasteiger partial charge in [-0.25, -0.2) is 4.79 Å². The predicted molar refractivity (Wildman–Crippen MR) is 96.1 cm³/mol. The molecule has 0 unspecified atom stereocenters. The number of hydrogen-bond donors (Lipinski definition) is 1. The lowest BCUT2D eigenvalue weighted by Gasteiger charge is -2.11. The van der Waals surface area contributed by atoms with E-state index >= 15 is 0 Å². The molecule has 0 aliphatic rings. The highest BCUT2D eigenvalue weighted by molar-refractivity contribution is 5.98. The molecule has 8 heteroatoms. The number of ether oxygens (including phenoxy) is 2. The highest BCUT2D eigenvalue weighted by atomic mass is 19.3. The van der Waals surface area contributed by atoms with Crippen molar-refractivity contribution in [3.05, 3.63) is 72.7 Å². The molecule has 1 amide bonds. The number of esters is 1. The molecule has 1 heterocycles. The number of rotatable bonds is 7. The first kappa shape index (κ1) is 19.1. The Bertz CT molecular complexity index is 956. The van der Waals surface area contributed by atoms with Crippen molar-refractivity contribution in [1.29, 1.82) is 0 Å². The maximum atomic E-state index is 12.4. The molecule has 28 heavy (non-hydrogen) atoms. The second-order valence-corrected chi connectivity index (χ2v) is 5.53. The van der Waals surface area contributed by atoms with E-state index in [1.807, 2.05) is 18.2 Å². The van der Waals surface area contributed by atoms with Gasteiger partial charge in [0.05, 0.1) is 12.0 Å². The lowest BCUT2D eigenvalue weighted by molar-refractivity contribution is -0.119. The summed E-state index contributed by atoms with van der Waals surface area (Å²) in [5.41, 5.74) is 1.32. The van der Waals surface area contributed by atoms with Crippen molar-refractivity contribution < 1.29 is 32.3 Å². The number of carbonyl (C=O) groups is 2. The molecule has 6 nitrogen and oxygen atoms in total. The first-order chi connectivity index (χ1) is 13.5. The molecule has 1 N–H and O–H groups in total. The monoisotopic (exact) mass is 387 g/mol. The molecule has 0 bridgehead atoms. The van der Waals surface area contributed by atoms with Crippen LogP contribution in [0.1, 0.15) is 10.6 Å². The van der Waals surface area contributed by atoms with E-state index in [9.17, 15) is 18.4 Å². The third-order valence-corrected chi connectivity index (χ3v) is 3.65. The number of para-hydroxylation sites is 2. The number of benzene rings is 2. The summed E-state index contributed by atoms with van der Waals surface area (Å²) in [5, 5.41) is 2.36. The molecule has 0 aliphatic heterocycles. The third kappa shape index (κ3) is 4.73. The summed E-state index contributed by atoms with van der Waals surface area (Å²) in [4.78, 5) is 24.3. The summed E-state index contributed by atoms with van der Waals surface area (Å²) < 4.78 is 39.3. The Morgan fingerprint density at radius 3 is 2.46 bits per heavy atom. The standard InChI is InChI=1S/C20H15F2NO5/c21-20(22)28-16-9-5-4-8-15(16)23-17(24)12-27-19(25)18-14(10-11-26-18)13-6-2-1-3-7-13/h1-11,20H,12H2,(H,23,24). The summed E-state index contributed by atoms with van der Waals surface area (Å²) in [6.45, 7) is -3.66. The molecular weight excluding hydrogens is 372 g/mol. The lowest BCUT2D eigenvalue weighted by Crippen LogP contribution is -2.21. The van der Waals surface area contributed by atoms with Crippen molar-refractivity contribution in [2.24, 2.45) is 0 Å². The van der Waals surface area contributed by atoms with E-state index in [1.165, 1.54) is 30.5 Å². The Balaban J connectivity index is 1.62. The first-order valence-electron chi connectivity index (χ1n) is 8.18. The Morgan fingerprint density at radius 1 is 1.00 bits per heavy atom. The van der Waals surface area contributed by atoms with Crippen molar-refractivity contribution in [2.45, 2.75) is 6.61 Å². The van der Waals surface area contributed by atoms with Crippen LogP contribution in [0.2, 0.25) is 0 Å². The van der Waals surface area contributed by atoms with Crippen LogP contribution in [0.4, 0.5) is 14.5 Å². The summed E-state index contributed by atoms with van der Waals surface area (Å²) in [6, 6.07) is 16.4. The predicted octanol–water partition coefficient (Wildman–Crippen LogP) is 4.34. The van der Waals surface area contributed by atoms with Crippen LogP contribution < -0.4 is 10.1 Å². The van der Waals surface area contributed by atoms with Crippen LogP contribution in [0.25, 0.3) is 11.1 Å². The minimum absolute atomic E-state index is 0.0341. The Labute approximate surface area is 158 Å². The molecule has 3 rings (SSSR count). The molecule has 144 valence electrons. The number of hydrogen-bond acceptors (Lipinski definition) is 5. The molecular formula is C20H15F2NO5. The fraction of sp³-hybridized carbons (Fsp3) is 0.100. The third-order valence-electron chi connectivity index (χ3n) is 3.65. The Kier molecular flexibility index (Phi) is 6.01. The summed E-state index contributed by atoms with van der Waals surface area (Å²) in [6.07, 6.45) is 1.34. The average molecular weight is 387 g/mol. The maximum Gasteiger partial charge on any atom is 0.387 e. The zero-order valence-electron chi connectivity index (χ0n) is 14.4. The normalized spacial score (nSPS) is 10.5. The van der Waals surface area contributed by atoms with E-state index < -0.39 is 25.1 Å². The number of anilines is 1. The van der Waals surface area contributed by atoms with Crippen LogP contribution in [0, 0.1) is 0 Å². The number of amides is 1. The van der Waals surface area contributed by atoms with Gasteiger partial charge in [0.15, 0.2) is 6.61 Å². The fourth-order valence-corrected chi connectivity index (χ4v) is 2.46. The zero-order valence-corrected chi connectivity index (χ0v) is 14.4. The molecule has 2 aromatic carbocycles. The van der Waals surface area contributed by atoms with Crippen LogP contribution in [-0.2, 0) is 9.53 Å². The van der Waals surface area contributed by atoms with Gasteiger partial charge < -0.3 is 19.2 Å². The largest absolute Gasteiger partial charge is 0.457 e. The summed E-state index contributed by atoms with van der Waals surface area (Å²) in [5.74, 6) is -1.78. The van der Waals surface area contributed by atoms with Gasteiger partial charge in [0.25, 0.3) is 5.91 Å². The summed E-state index contributed by atoms with van der Waals surface area (Å²) >= 11 is 0. The minimum Gasteiger partial charge on any atom is -0.457 e. The van der Waals surface area contributed by atoms with Crippen LogP contribution >= 0.6 is 0 Å². The number of nitrogens with one attached hydrogen (secondary N) is 1. The smallest absolute Gasteiger partial charge is 0.387 e. The Morgan fingerprint density at radius 2 is 1.71 bits per heavy atom. The van der Waals surface area contributed by atoms with Gasteiger partial charge in [0, 0.05) is 5.56 Å². The number of halogens is 2. The lowest BCUT2D eigenvalue weighted by atomic mass is 10.1. The van der Waals surface area contributed by atoms with Gasteiger partial charge >= 0.3 is 12.6 Å². The highest BCUT2D eigenvalue weighted by Crippen LogP contribution is 2.26.